The number of amides is 1. The molecule has 0 aliphatic carbocycles. The van der Waals surface area contributed by atoms with Gasteiger partial charge in [-0.05, 0) is 26.2 Å². The molecule has 1 heterocycles. The van der Waals surface area contributed by atoms with Crippen LogP contribution in [-0.4, -0.2) is 16.9 Å². The minimum absolute atomic E-state index is 0. The maximum absolute atomic E-state index is 11.5. The smallest absolute Gasteiger partial charge is 0.241 e. The Morgan fingerprint density at radius 3 is 2.53 bits per heavy atom. The van der Waals surface area contributed by atoms with Crippen molar-refractivity contribution in [2.45, 2.75) is 40.2 Å². The number of aromatic nitrogens is 1. The van der Waals surface area contributed by atoms with Crippen molar-refractivity contribution >= 4 is 34.7 Å². The van der Waals surface area contributed by atoms with Gasteiger partial charge in [0.1, 0.15) is 5.00 Å². The molecular weight excluding hydrogens is 258 g/mol. The summed E-state index contributed by atoms with van der Waals surface area (Å²) in [6.45, 7) is 7.87. The van der Waals surface area contributed by atoms with E-state index < -0.39 is 6.04 Å². The van der Waals surface area contributed by atoms with Crippen LogP contribution in [0.3, 0.4) is 0 Å². The Morgan fingerprint density at radius 2 is 2.06 bits per heavy atom. The Morgan fingerprint density at radius 1 is 1.47 bits per heavy atom. The fourth-order valence-corrected chi connectivity index (χ4v) is 2.17. The predicted octanol–water partition coefficient (Wildman–Crippen LogP) is 2.36. The molecule has 0 fully saturated rings. The molecular formula is C11H20ClN3OS. The van der Waals surface area contributed by atoms with E-state index >= 15 is 0 Å². The lowest BCUT2D eigenvalue weighted by atomic mass is 10.1. The Bertz CT molecular complexity index is 377. The van der Waals surface area contributed by atoms with Crippen LogP contribution in [0.2, 0.25) is 0 Å². The van der Waals surface area contributed by atoms with E-state index in [4.69, 9.17) is 5.73 Å². The first-order valence-electron chi connectivity index (χ1n) is 5.43. The van der Waals surface area contributed by atoms with Gasteiger partial charge in [0.2, 0.25) is 5.91 Å². The molecule has 0 aromatic carbocycles. The summed E-state index contributed by atoms with van der Waals surface area (Å²) in [4.78, 5) is 15.9. The van der Waals surface area contributed by atoms with Crippen LogP contribution in [0.5, 0.6) is 0 Å². The second kappa shape index (κ2) is 6.93. The van der Waals surface area contributed by atoms with E-state index in [0.717, 1.165) is 22.1 Å². The molecule has 0 bridgehead atoms. The van der Waals surface area contributed by atoms with Crippen molar-refractivity contribution in [1.29, 1.82) is 0 Å². The Labute approximate surface area is 112 Å². The Balaban J connectivity index is 0.00000256. The number of hydrogen-bond donors (Lipinski definition) is 2. The zero-order valence-corrected chi connectivity index (χ0v) is 12.2. The van der Waals surface area contributed by atoms with Gasteiger partial charge in [-0.1, -0.05) is 13.8 Å². The highest BCUT2D eigenvalue weighted by atomic mass is 35.5. The minimum Gasteiger partial charge on any atom is -0.320 e. The predicted molar refractivity (Wildman–Crippen MR) is 74.9 cm³/mol. The van der Waals surface area contributed by atoms with Crippen LogP contribution in [-0.2, 0) is 11.2 Å². The molecule has 0 aliphatic rings. The second-order valence-corrected chi connectivity index (χ2v) is 5.59. The first kappa shape index (κ1) is 16.4. The van der Waals surface area contributed by atoms with Gasteiger partial charge in [0.15, 0.2) is 0 Å². The molecule has 0 aliphatic heterocycles. The second-order valence-electron chi connectivity index (χ2n) is 4.38. The molecule has 0 saturated heterocycles. The summed E-state index contributed by atoms with van der Waals surface area (Å²) >= 11 is 1.50. The van der Waals surface area contributed by atoms with Crippen LogP contribution in [0.25, 0.3) is 0 Å². The number of anilines is 1. The van der Waals surface area contributed by atoms with Crippen LogP contribution in [0.15, 0.2) is 0 Å². The van der Waals surface area contributed by atoms with E-state index in [1.54, 1.807) is 6.92 Å². The summed E-state index contributed by atoms with van der Waals surface area (Å²) in [7, 11) is 0. The van der Waals surface area contributed by atoms with Gasteiger partial charge in [-0.15, -0.1) is 23.7 Å². The summed E-state index contributed by atoms with van der Waals surface area (Å²) in [5.74, 6) is 0.362. The summed E-state index contributed by atoms with van der Waals surface area (Å²) in [6, 6.07) is -0.491. The first-order chi connectivity index (χ1) is 7.40. The van der Waals surface area contributed by atoms with E-state index in [9.17, 15) is 4.79 Å². The third-order valence-corrected chi connectivity index (χ3v) is 2.98. The zero-order valence-electron chi connectivity index (χ0n) is 10.6. The van der Waals surface area contributed by atoms with Crippen molar-refractivity contribution in [2.24, 2.45) is 11.7 Å². The lowest BCUT2D eigenvalue weighted by molar-refractivity contribution is -0.117. The normalized spacial score (nSPS) is 12.1. The molecule has 17 heavy (non-hydrogen) atoms. The van der Waals surface area contributed by atoms with Gasteiger partial charge in [-0.25, -0.2) is 4.98 Å². The highest BCUT2D eigenvalue weighted by Gasteiger charge is 2.15. The summed E-state index contributed by atoms with van der Waals surface area (Å²) < 4.78 is 0. The van der Waals surface area contributed by atoms with Crippen LogP contribution in [0.1, 0.15) is 31.5 Å². The quantitative estimate of drug-likeness (QED) is 0.888. The zero-order chi connectivity index (χ0) is 12.3. The van der Waals surface area contributed by atoms with Crippen LogP contribution < -0.4 is 11.1 Å². The van der Waals surface area contributed by atoms with Gasteiger partial charge < -0.3 is 11.1 Å². The highest BCUT2D eigenvalue weighted by molar-refractivity contribution is 7.16. The van der Waals surface area contributed by atoms with Crippen molar-refractivity contribution in [2.75, 3.05) is 5.32 Å². The molecule has 1 rings (SSSR count). The van der Waals surface area contributed by atoms with Gasteiger partial charge in [0.25, 0.3) is 0 Å². The average Bonchev–Trinajstić information content (AvgIpc) is 2.45. The number of halogens is 1. The average molecular weight is 278 g/mol. The number of nitrogens with zero attached hydrogens (tertiary/aromatic N) is 1. The monoisotopic (exact) mass is 277 g/mol. The van der Waals surface area contributed by atoms with Gasteiger partial charge in [-0.2, -0.15) is 0 Å². The van der Waals surface area contributed by atoms with E-state index in [1.165, 1.54) is 11.3 Å². The van der Waals surface area contributed by atoms with E-state index in [-0.39, 0.29) is 18.3 Å². The molecule has 4 nitrogen and oxygen atoms in total. The van der Waals surface area contributed by atoms with Crippen molar-refractivity contribution in [3.05, 3.63) is 10.7 Å². The topological polar surface area (TPSA) is 68.0 Å². The number of aryl methyl sites for hydroxylation is 1. The Kier molecular flexibility index (Phi) is 6.67. The third kappa shape index (κ3) is 5.02. The number of carbonyl (C=O) groups is 1. The summed E-state index contributed by atoms with van der Waals surface area (Å²) in [5, 5.41) is 4.64. The van der Waals surface area contributed by atoms with Crippen LogP contribution in [0, 0.1) is 12.8 Å². The lowest BCUT2D eigenvalue weighted by Crippen LogP contribution is -2.32. The standard InChI is InChI=1S/C11H19N3OS.ClH/c1-6(2)5-9-11(16-8(4)13-9)14-10(15)7(3)12;/h6-7H,5,12H2,1-4H3,(H,14,15);1H/t7-;/m0./s1. The summed E-state index contributed by atoms with van der Waals surface area (Å²) in [5.41, 5.74) is 6.48. The molecule has 98 valence electrons. The van der Waals surface area contributed by atoms with Crippen LogP contribution >= 0.6 is 23.7 Å². The molecule has 1 amide bonds. The van der Waals surface area contributed by atoms with Gasteiger partial charge in [-0.3, -0.25) is 4.79 Å². The third-order valence-electron chi connectivity index (χ3n) is 2.06. The molecule has 1 aromatic rings. The number of nitrogens with one attached hydrogen (secondary N) is 1. The number of thiazole rings is 1. The van der Waals surface area contributed by atoms with Gasteiger partial charge in [0, 0.05) is 0 Å². The fourth-order valence-electron chi connectivity index (χ4n) is 1.32. The molecule has 0 radical (unpaired) electrons. The molecule has 1 atom stereocenters. The molecule has 0 spiro atoms. The largest absolute Gasteiger partial charge is 0.320 e. The van der Waals surface area contributed by atoms with Crippen molar-refractivity contribution in [3.63, 3.8) is 0 Å². The number of rotatable bonds is 4. The lowest BCUT2D eigenvalue weighted by Gasteiger charge is -2.08. The van der Waals surface area contributed by atoms with Crippen molar-refractivity contribution in [3.8, 4) is 0 Å². The SMILES string of the molecule is Cc1nc(CC(C)C)c(NC(=O)[C@H](C)N)s1.Cl. The molecule has 3 N–H and O–H groups in total. The van der Waals surface area contributed by atoms with Crippen molar-refractivity contribution < 1.29 is 4.79 Å². The van der Waals surface area contributed by atoms with E-state index in [1.807, 2.05) is 6.92 Å². The number of hydrogen-bond acceptors (Lipinski definition) is 4. The maximum atomic E-state index is 11.5. The Hall–Kier alpha value is -0.650. The fraction of sp³-hybridized carbons (Fsp3) is 0.636. The van der Waals surface area contributed by atoms with Gasteiger partial charge >= 0.3 is 0 Å². The molecule has 6 heteroatoms. The molecule has 0 unspecified atom stereocenters. The van der Waals surface area contributed by atoms with Gasteiger partial charge in [0.05, 0.1) is 16.7 Å². The number of nitrogens with two attached hydrogens (primary N) is 1. The first-order valence-corrected chi connectivity index (χ1v) is 6.24. The highest BCUT2D eigenvalue weighted by Crippen LogP contribution is 2.26. The number of carbonyl (C=O) groups excluding carboxylic acids is 1. The van der Waals surface area contributed by atoms with Crippen LogP contribution in [0.4, 0.5) is 5.00 Å². The summed E-state index contributed by atoms with van der Waals surface area (Å²) in [6.07, 6.45) is 0.874. The van der Waals surface area contributed by atoms with E-state index in [2.05, 4.69) is 24.1 Å². The molecule has 0 saturated carbocycles. The van der Waals surface area contributed by atoms with E-state index in [0.29, 0.717) is 5.92 Å². The minimum atomic E-state index is -0.491. The van der Waals surface area contributed by atoms with Crippen molar-refractivity contribution in [1.82, 2.24) is 4.98 Å². The molecule has 1 aromatic heterocycles. The maximum Gasteiger partial charge on any atom is 0.241 e.